The Bertz CT molecular complexity index is 579. The largest absolute Gasteiger partial charge is 0.370 e. The summed E-state index contributed by atoms with van der Waals surface area (Å²) >= 11 is 0. The van der Waals surface area contributed by atoms with Gasteiger partial charge in [-0.25, -0.2) is 9.97 Å². The maximum Gasteiger partial charge on any atom is 0.136 e. The topological polar surface area (TPSA) is 50.7 Å². The smallest absolute Gasteiger partial charge is 0.136 e. The van der Waals surface area contributed by atoms with Crippen LogP contribution in [0.3, 0.4) is 0 Å². The van der Waals surface area contributed by atoms with Crippen LogP contribution in [0.5, 0.6) is 0 Å². The van der Waals surface area contributed by atoms with E-state index in [1.165, 1.54) is 5.56 Å². The summed E-state index contributed by atoms with van der Waals surface area (Å²) in [6.45, 7) is 9.52. The average molecular weight is 284 g/mol. The molecule has 4 heteroatoms. The van der Waals surface area contributed by atoms with Gasteiger partial charge in [0.2, 0.25) is 0 Å². The fourth-order valence-electron chi connectivity index (χ4n) is 2.45. The minimum absolute atomic E-state index is 0.410. The van der Waals surface area contributed by atoms with Gasteiger partial charge in [-0.05, 0) is 31.4 Å². The normalized spacial score (nSPS) is 10.9. The van der Waals surface area contributed by atoms with Crippen molar-refractivity contribution in [2.75, 3.05) is 11.9 Å². The van der Waals surface area contributed by atoms with Crippen molar-refractivity contribution in [1.29, 1.82) is 0 Å². The highest BCUT2D eigenvalue weighted by atomic mass is 15.0. The predicted molar refractivity (Wildman–Crippen MR) is 86.7 cm³/mol. The molecule has 0 amide bonds. The van der Waals surface area contributed by atoms with E-state index >= 15 is 0 Å². The van der Waals surface area contributed by atoms with E-state index in [-0.39, 0.29) is 0 Å². The van der Waals surface area contributed by atoms with Crippen LogP contribution in [0.4, 0.5) is 5.82 Å². The molecule has 0 saturated heterocycles. The molecule has 2 heterocycles. The summed E-state index contributed by atoms with van der Waals surface area (Å²) in [5.41, 5.74) is 3.27. The first kappa shape index (κ1) is 15.4. The Hall–Kier alpha value is -1.97. The van der Waals surface area contributed by atoms with Crippen LogP contribution in [0, 0.1) is 6.92 Å². The fourth-order valence-corrected chi connectivity index (χ4v) is 2.45. The van der Waals surface area contributed by atoms with E-state index in [1.54, 1.807) is 6.20 Å². The zero-order valence-electron chi connectivity index (χ0n) is 13.3. The van der Waals surface area contributed by atoms with Gasteiger partial charge in [-0.1, -0.05) is 26.8 Å². The Labute approximate surface area is 127 Å². The monoisotopic (exact) mass is 284 g/mol. The molecule has 0 bridgehead atoms. The first-order chi connectivity index (χ1) is 10.1. The summed E-state index contributed by atoms with van der Waals surface area (Å²) < 4.78 is 0. The zero-order valence-corrected chi connectivity index (χ0v) is 13.3. The number of anilines is 1. The number of hydrogen-bond donors (Lipinski definition) is 1. The molecule has 4 nitrogen and oxygen atoms in total. The lowest BCUT2D eigenvalue weighted by molar-refractivity contribution is 0.804. The third kappa shape index (κ3) is 4.00. The van der Waals surface area contributed by atoms with Crippen LogP contribution in [0.25, 0.3) is 0 Å². The Morgan fingerprint density at radius 1 is 1.19 bits per heavy atom. The standard InChI is InChI=1S/C17H24N4/c1-5-9-19-17-16(12(2)3)13(4)20-15(21-17)11-14-8-6-7-10-18-14/h6-8,10,12H,5,9,11H2,1-4H3,(H,19,20,21). The highest BCUT2D eigenvalue weighted by molar-refractivity contribution is 5.48. The molecule has 0 aliphatic heterocycles. The average Bonchev–Trinajstić information content (AvgIpc) is 2.45. The summed E-state index contributed by atoms with van der Waals surface area (Å²) in [5.74, 6) is 2.22. The van der Waals surface area contributed by atoms with E-state index in [9.17, 15) is 0 Å². The molecule has 2 rings (SSSR count). The van der Waals surface area contributed by atoms with Crippen LogP contribution in [0.1, 0.15) is 55.9 Å². The second kappa shape index (κ2) is 7.16. The van der Waals surface area contributed by atoms with Gasteiger partial charge in [0.15, 0.2) is 0 Å². The molecule has 0 aliphatic carbocycles. The van der Waals surface area contributed by atoms with E-state index in [0.29, 0.717) is 12.3 Å². The van der Waals surface area contributed by atoms with Gasteiger partial charge in [0.25, 0.3) is 0 Å². The molecule has 0 fully saturated rings. The third-order valence-corrected chi connectivity index (χ3v) is 3.37. The summed E-state index contributed by atoms with van der Waals surface area (Å²) in [6, 6.07) is 5.92. The van der Waals surface area contributed by atoms with Gasteiger partial charge in [-0.3, -0.25) is 4.98 Å². The minimum Gasteiger partial charge on any atom is -0.370 e. The van der Waals surface area contributed by atoms with Crippen LogP contribution < -0.4 is 5.32 Å². The quantitative estimate of drug-likeness (QED) is 0.878. The molecule has 0 unspecified atom stereocenters. The second-order valence-electron chi connectivity index (χ2n) is 5.57. The summed E-state index contributed by atoms with van der Waals surface area (Å²) in [5, 5.41) is 3.44. The van der Waals surface area contributed by atoms with Gasteiger partial charge in [0, 0.05) is 29.7 Å². The van der Waals surface area contributed by atoms with Crippen LogP contribution in [0.15, 0.2) is 24.4 Å². The highest BCUT2D eigenvalue weighted by Gasteiger charge is 2.14. The summed E-state index contributed by atoms with van der Waals surface area (Å²) in [4.78, 5) is 13.7. The Kier molecular flexibility index (Phi) is 5.26. The van der Waals surface area contributed by atoms with Crippen LogP contribution in [0.2, 0.25) is 0 Å². The van der Waals surface area contributed by atoms with Crippen LogP contribution >= 0.6 is 0 Å². The Morgan fingerprint density at radius 2 is 2.00 bits per heavy atom. The Morgan fingerprint density at radius 3 is 2.62 bits per heavy atom. The number of aromatic nitrogens is 3. The van der Waals surface area contributed by atoms with E-state index < -0.39 is 0 Å². The van der Waals surface area contributed by atoms with Crippen molar-refractivity contribution < 1.29 is 0 Å². The van der Waals surface area contributed by atoms with Gasteiger partial charge in [0.1, 0.15) is 11.6 Å². The summed E-state index contributed by atoms with van der Waals surface area (Å²) in [6.07, 6.45) is 3.55. The number of rotatable bonds is 6. The molecule has 0 aromatic carbocycles. The zero-order chi connectivity index (χ0) is 15.2. The number of hydrogen-bond acceptors (Lipinski definition) is 4. The number of pyridine rings is 1. The van der Waals surface area contributed by atoms with Crippen molar-refractivity contribution in [3.05, 3.63) is 47.2 Å². The van der Waals surface area contributed by atoms with Crippen molar-refractivity contribution >= 4 is 5.82 Å². The Balaban J connectivity index is 2.33. The van der Waals surface area contributed by atoms with Gasteiger partial charge in [-0.2, -0.15) is 0 Å². The van der Waals surface area contributed by atoms with Crippen molar-refractivity contribution in [1.82, 2.24) is 15.0 Å². The maximum absolute atomic E-state index is 4.73. The van der Waals surface area contributed by atoms with Crippen molar-refractivity contribution in [2.24, 2.45) is 0 Å². The lowest BCUT2D eigenvalue weighted by Crippen LogP contribution is -2.12. The molecular weight excluding hydrogens is 260 g/mol. The van der Waals surface area contributed by atoms with Crippen molar-refractivity contribution in [3.8, 4) is 0 Å². The van der Waals surface area contributed by atoms with Crippen LogP contribution in [-0.2, 0) is 6.42 Å². The first-order valence-corrected chi connectivity index (χ1v) is 7.63. The molecule has 0 atom stereocenters. The lowest BCUT2D eigenvalue weighted by Gasteiger charge is -2.17. The van der Waals surface area contributed by atoms with E-state index in [2.05, 4.69) is 43.0 Å². The molecule has 112 valence electrons. The molecule has 0 spiro atoms. The minimum atomic E-state index is 0.410. The van der Waals surface area contributed by atoms with E-state index in [4.69, 9.17) is 4.98 Å². The van der Waals surface area contributed by atoms with Crippen molar-refractivity contribution in [3.63, 3.8) is 0 Å². The first-order valence-electron chi connectivity index (χ1n) is 7.63. The molecule has 2 aromatic rings. The number of aryl methyl sites for hydroxylation is 1. The second-order valence-corrected chi connectivity index (χ2v) is 5.57. The maximum atomic E-state index is 4.73. The predicted octanol–water partition coefficient (Wildman–Crippen LogP) is 3.72. The van der Waals surface area contributed by atoms with Crippen molar-refractivity contribution in [2.45, 2.75) is 46.5 Å². The number of nitrogens with zero attached hydrogens (tertiary/aromatic N) is 3. The molecule has 0 saturated carbocycles. The van der Waals surface area contributed by atoms with Gasteiger partial charge in [-0.15, -0.1) is 0 Å². The highest BCUT2D eigenvalue weighted by Crippen LogP contribution is 2.25. The number of nitrogens with one attached hydrogen (secondary N) is 1. The molecule has 2 aromatic heterocycles. The van der Waals surface area contributed by atoms with Gasteiger partial charge >= 0.3 is 0 Å². The summed E-state index contributed by atoms with van der Waals surface area (Å²) in [7, 11) is 0. The lowest BCUT2D eigenvalue weighted by atomic mass is 10.0. The van der Waals surface area contributed by atoms with Gasteiger partial charge in [0.05, 0.1) is 6.42 Å². The molecular formula is C17H24N4. The molecule has 0 radical (unpaired) electrons. The van der Waals surface area contributed by atoms with E-state index in [0.717, 1.165) is 36.0 Å². The molecule has 1 N–H and O–H groups in total. The SMILES string of the molecule is CCCNc1nc(Cc2ccccn2)nc(C)c1C(C)C. The fraction of sp³-hybridized carbons (Fsp3) is 0.471. The molecule has 21 heavy (non-hydrogen) atoms. The van der Waals surface area contributed by atoms with Gasteiger partial charge < -0.3 is 5.32 Å². The van der Waals surface area contributed by atoms with Crippen LogP contribution in [-0.4, -0.2) is 21.5 Å². The third-order valence-electron chi connectivity index (χ3n) is 3.37. The van der Waals surface area contributed by atoms with E-state index in [1.807, 2.05) is 18.2 Å². The molecule has 0 aliphatic rings.